The maximum absolute atomic E-state index is 5.57. The van der Waals surface area contributed by atoms with Gasteiger partial charge in [0.05, 0.1) is 0 Å². The third-order valence-electron chi connectivity index (χ3n) is 2.45. The molecule has 4 heteroatoms. The molecule has 0 aliphatic carbocycles. The van der Waals surface area contributed by atoms with E-state index in [-0.39, 0.29) is 6.10 Å². The Labute approximate surface area is 90.1 Å². The van der Waals surface area contributed by atoms with Crippen LogP contribution in [0.2, 0.25) is 0 Å². The van der Waals surface area contributed by atoms with E-state index in [4.69, 9.17) is 4.74 Å². The van der Waals surface area contributed by atoms with E-state index in [0.29, 0.717) is 0 Å². The van der Waals surface area contributed by atoms with Crippen LogP contribution in [0.25, 0.3) is 0 Å². The summed E-state index contributed by atoms with van der Waals surface area (Å²) in [6.07, 6.45) is 2.25. The van der Waals surface area contributed by atoms with Crippen molar-refractivity contribution in [3.63, 3.8) is 0 Å². The van der Waals surface area contributed by atoms with Gasteiger partial charge in [0.1, 0.15) is 11.9 Å². The molecule has 1 aromatic rings. The first-order valence-corrected chi connectivity index (χ1v) is 5.50. The molecule has 1 aliphatic rings. The van der Waals surface area contributed by atoms with Crippen molar-refractivity contribution >= 4 is 5.82 Å². The summed E-state index contributed by atoms with van der Waals surface area (Å²) < 4.78 is 5.57. The predicted molar refractivity (Wildman–Crippen MR) is 58.9 cm³/mol. The normalized spacial score (nSPS) is 20.5. The van der Waals surface area contributed by atoms with Gasteiger partial charge in [-0.3, -0.25) is 0 Å². The zero-order chi connectivity index (χ0) is 10.7. The van der Waals surface area contributed by atoms with E-state index < -0.39 is 0 Å². The Morgan fingerprint density at radius 3 is 3.07 bits per heavy atom. The quantitative estimate of drug-likeness (QED) is 0.824. The van der Waals surface area contributed by atoms with Gasteiger partial charge in [-0.1, -0.05) is 0 Å². The predicted octanol–water partition coefficient (Wildman–Crippen LogP) is 2.07. The van der Waals surface area contributed by atoms with Crippen molar-refractivity contribution < 1.29 is 4.74 Å². The molecule has 0 radical (unpaired) electrons. The number of aromatic nitrogens is 2. The molecular weight excluding hydrogens is 190 g/mol. The van der Waals surface area contributed by atoms with Crippen LogP contribution in [0.15, 0.2) is 6.07 Å². The molecule has 1 aliphatic heterocycles. The Bertz CT molecular complexity index is 335. The van der Waals surface area contributed by atoms with Crippen LogP contribution in [0, 0.1) is 6.92 Å². The fraction of sp³-hybridized carbons (Fsp3) is 0.636. The van der Waals surface area contributed by atoms with Crippen molar-refractivity contribution in [1.82, 2.24) is 9.97 Å². The Morgan fingerprint density at radius 1 is 1.53 bits per heavy atom. The van der Waals surface area contributed by atoms with E-state index in [2.05, 4.69) is 22.2 Å². The average molecular weight is 207 g/mol. The number of ether oxygens (including phenoxy) is 1. The third kappa shape index (κ3) is 2.45. The van der Waals surface area contributed by atoms with Crippen molar-refractivity contribution in [3.8, 4) is 0 Å². The second-order valence-corrected chi connectivity index (χ2v) is 3.78. The maximum Gasteiger partial charge on any atom is 0.159 e. The van der Waals surface area contributed by atoms with E-state index in [1.807, 2.05) is 13.0 Å². The van der Waals surface area contributed by atoms with Gasteiger partial charge in [0.25, 0.3) is 0 Å². The van der Waals surface area contributed by atoms with E-state index >= 15 is 0 Å². The molecule has 1 atom stereocenters. The van der Waals surface area contributed by atoms with Gasteiger partial charge in [0.2, 0.25) is 0 Å². The molecule has 0 saturated carbocycles. The SMILES string of the molecule is CCNc1cc(C)nc(C2CCCO2)n1. The largest absolute Gasteiger partial charge is 0.370 e. The highest BCUT2D eigenvalue weighted by Gasteiger charge is 2.20. The molecule has 4 nitrogen and oxygen atoms in total. The van der Waals surface area contributed by atoms with Crippen LogP contribution >= 0.6 is 0 Å². The summed E-state index contributed by atoms with van der Waals surface area (Å²) >= 11 is 0. The number of aryl methyl sites for hydroxylation is 1. The van der Waals surface area contributed by atoms with Gasteiger partial charge >= 0.3 is 0 Å². The molecule has 15 heavy (non-hydrogen) atoms. The number of anilines is 1. The molecule has 1 saturated heterocycles. The summed E-state index contributed by atoms with van der Waals surface area (Å²) in [6, 6.07) is 1.96. The van der Waals surface area contributed by atoms with Crippen molar-refractivity contribution in [2.45, 2.75) is 32.8 Å². The number of hydrogen-bond acceptors (Lipinski definition) is 4. The molecule has 2 rings (SSSR count). The Balaban J connectivity index is 2.22. The van der Waals surface area contributed by atoms with Gasteiger partial charge < -0.3 is 10.1 Å². The molecule has 82 valence electrons. The molecular formula is C11H17N3O. The fourth-order valence-corrected chi connectivity index (χ4v) is 1.79. The first-order valence-electron chi connectivity index (χ1n) is 5.50. The van der Waals surface area contributed by atoms with Crippen LogP contribution in [0.3, 0.4) is 0 Å². The topological polar surface area (TPSA) is 47.0 Å². The lowest BCUT2D eigenvalue weighted by Gasteiger charge is -2.11. The molecule has 0 spiro atoms. The second kappa shape index (κ2) is 4.57. The Kier molecular flexibility index (Phi) is 3.16. The monoisotopic (exact) mass is 207 g/mol. The van der Waals surface area contributed by atoms with Crippen molar-refractivity contribution in [3.05, 3.63) is 17.6 Å². The smallest absolute Gasteiger partial charge is 0.159 e. The van der Waals surface area contributed by atoms with Gasteiger partial charge in [0, 0.05) is 24.9 Å². The highest BCUT2D eigenvalue weighted by molar-refractivity contribution is 5.35. The minimum absolute atomic E-state index is 0.0994. The Hall–Kier alpha value is -1.16. The summed E-state index contributed by atoms with van der Waals surface area (Å²) in [7, 11) is 0. The number of nitrogens with zero attached hydrogens (tertiary/aromatic N) is 2. The van der Waals surface area contributed by atoms with Crippen LogP contribution in [0.1, 0.15) is 37.4 Å². The van der Waals surface area contributed by atoms with Crippen LogP contribution in [0.5, 0.6) is 0 Å². The van der Waals surface area contributed by atoms with Crippen LogP contribution in [-0.2, 0) is 4.74 Å². The summed E-state index contributed by atoms with van der Waals surface area (Å²) in [4.78, 5) is 8.88. The lowest BCUT2D eigenvalue weighted by Crippen LogP contribution is -2.08. The minimum atomic E-state index is 0.0994. The number of hydrogen-bond donors (Lipinski definition) is 1. The molecule has 0 aromatic carbocycles. The summed E-state index contributed by atoms with van der Waals surface area (Å²) in [5, 5.41) is 3.21. The van der Waals surface area contributed by atoms with Crippen LogP contribution in [0.4, 0.5) is 5.82 Å². The van der Waals surface area contributed by atoms with Gasteiger partial charge in [-0.2, -0.15) is 0 Å². The van der Waals surface area contributed by atoms with E-state index in [1.165, 1.54) is 0 Å². The zero-order valence-corrected chi connectivity index (χ0v) is 9.29. The number of nitrogens with one attached hydrogen (secondary N) is 1. The first kappa shape index (κ1) is 10.4. The average Bonchev–Trinajstić information content (AvgIpc) is 2.70. The van der Waals surface area contributed by atoms with E-state index in [9.17, 15) is 0 Å². The highest BCUT2D eigenvalue weighted by atomic mass is 16.5. The lowest BCUT2D eigenvalue weighted by molar-refractivity contribution is 0.105. The van der Waals surface area contributed by atoms with Crippen molar-refractivity contribution in [2.75, 3.05) is 18.5 Å². The van der Waals surface area contributed by atoms with Gasteiger partial charge in [-0.25, -0.2) is 9.97 Å². The van der Waals surface area contributed by atoms with Crippen LogP contribution < -0.4 is 5.32 Å². The van der Waals surface area contributed by atoms with Gasteiger partial charge in [-0.05, 0) is 26.7 Å². The zero-order valence-electron chi connectivity index (χ0n) is 9.29. The molecule has 1 fully saturated rings. The maximum atomic E-state index is 5.57. The lowest BCUT2D eigenvalue weighted by atomic mass is 10.2. The van der Waals surface area contributed by atoms with Gasteiger partial charge in [-0.15, -0.1) is 0 Å². The fourth-order valence-electron chi connectivity index (χ4n) is 1.79. The van der Waals surface area contributed by atoms with E-state index in [0.717, 1.165) is 43.3 Å². The molecule has 2 heterocycles. The van der Waals surface area contributed by atoms with E-state index in [1.54, 1.807) is 0 Å². The first-order chi connectivity index (χ1) is 7.29. The standard InChI is InChI=1S/C11H17N3O/c1-3-12-10-7-8(2)13-11(14-10)9-5-4-6-15-9/h7,9H,3-6H2,1-2H3,(H,12,13,14). The summed E-state index contributed by atoms with van der Waals surface area (Å²) in [6.45, 7) is 5.75. The summed E-state index contributed by atoms with van der Waals surface area (Å²) in [5.41, 5.74) is 0.992. The Morgan fingerprint density at radius 2 is 2.40 bits per heavy atom. The highest BCUT2D eigenvalue weighted by Crippen LogP contribution is 2.26. The van der Waals surface area contributed by atoms with Crippen molar-refractivity contribution in [2.24, 2.45) is 0 Å². The molecule has 1 unspecified atom stereocenters. The van der Waals surface area contributed by atoms with Crippen LogP contribution in [-0.4, -0.2) is 23.1 Å². The molecule has 0 amide bonds. The second-order valence-electron chi connectivity index (χ2n) is 3.78. The molecule has 1 aromatic heterocycles. The summed E-state index contributed by atoms with van der Waals surface area (Å²) in [5.74, 6) is 1.72. The van der Waals surface area contributed by atoms with Crippen molar-refractivity contribution in [1.29, 1.82) is 0 Å². The van der Waals surface area contributed by atoms with Gasteiger partial charge in [0.15, 0.2) is 5.82 Å². The third-order valence-corrected chi connectivity index (χ3v) is 2.45. The minimum Gasteiger partial charge on any atom is -0.370 e. The number of rotatable bonds is 3. The molecule has 1 N–H and O–H groups in total. The molecule has 0 bridgehead atoms.